The molecule has 2 aliphatic rings. The zero-order chi connectivity index (χ0) is 22.7. The van der Waals surface area contributed by atoms with Crippen LogP contribution in [0.1, 0.15) is 32.6 Å². The Morgan fingerprint density at radius 2 is 1.58 bits per heavy atom. The van der Waals surface area contributed by atoms with Crippen LogP contribution >= 0.6 is 0 Å². The van der Waals surface area contributed by atoms with Crippen molar-refractivity contribution < 1.29 is 50.4 Å². The van der Waals surface area contributed by atoms with Crippen molar-refractivity contribution in [3.8, 4) is 11.5 Å². The third kappa shape index (κ3) is 2.96. The van der Waals surface area contributed by atoms with Crippen molar-refractivity contribution in [2.75, 3.05) is 6.61 Å². The predicted octanol–water partition coefficient (Wildman–Crippen LogP) is -1.79. The minimum Gasteiger partial charge on any atom is -0.507 e. The molecule has 1 aliphatic carbocycles. The number of fused-ring (bicyclic) bond motifs is 2. The number of ether oxygens (including phenoxy) is 1. The highest BCUT2D eigenvalue weighted by atomic mass is 16.6. The Hall–Kier alpha value is -2.57. The maximum absolute atomic E-state index is 13.1. The number of hydrogen-bond donors (Lipinski definition) is 8. The van der Waals surface area contributed by atoms with E-state index < -0.39 is 66.6 Å². The summed E-state index contributed by atoms with van der Waals surface area (Å²) in [6.45, 7) is -1.30. The third-order valence-corrected chi connectivity index (χ3v) is 5.98. The quantitative estimate of drug-likeness (QED) is 0.274. The topological polar surface area (TPSA) is 188 Å². The van der Waals surface area contributed by atoms with Crippen molar-refractivity contribution in [2.24, 2.45) is 0 Å². The van der Waals surface area contributed by atoms with Crippen LogP contribution in [0.4, 0.5) is 0 Å². The summed E-state index contributed by atoms with van der Waals surface area (Å²) in [7, 11) is 0. The number of aromatic hydroxyl groups is 2. The highest BCUT2D eigenvalue weighted by Crippen LogP contribution is 2.50. The van der Waals surface area contributed by atoms with Crippen LogP contribution in [0.5, 0.6) is 11.5 Å². The average Bonchev–Trinajstić information content (AvgIpc) is 2.75. The monoisotopic (exact) mass is 434 g/mol. The molecule has 10 nitrogen and oxygen atoms in total. The van der Waals surface area contributed by atoms with Crippen LogP contribution in [0, 0.1) is 0 Å². The number of phenols is 2. The molecule has 2 aromatic rings. The number of carbonyl (C=O) groups excluding carboxylic acids is 1. The first-order valence-corrected chi connectivity index (χ1v) is 9.54. The Balaban J connectivity index is 2.04. The molecular formula is C21H22O10. The lowest BCUT2D eigenvalue weighted by atomic mass is 9.68. The smallest absolute Gasteiger partial charge is 0.201 e. The van der Waals surface area contributed by atoms with Crippen LogP contribution < -0.4 is 0 Å². The lowest BCUT2D eigenvalue weighted by Gasteiger charge is -2.49. The standard InChI is InChI=1S/C21H22O10/c22-6-8-4-10-15(12(25)5-8)17(27)14-9(2-1-3-11(14)24)21(10,30)20-19(29)18(28)16(26)13(7-23)31-20/h1-5,13,16,18-20,22-26,28-30H,6-7H2/t13-,16+,18-,19+,20-,21-/m1/s1. The normalized spacial score (nSPS) is 32.5. The van der Waals surface area contributed by atoms with Crippen LogP contribution in [0.15, 0.2) is 30.3 Å². The maximum Gasteiger partial charge on any atom is 0.201 e. The summed E-state index contributed by atoms with van der Waals surface area (Å²) in [5, 5.41) is 83.0. The minimum absolute atomic E-state index is 0.135. The van der Waals surface area contributed by atoms with Gasteiger partial charge < -0.3 is 45.6 Å². The van der Waals surface area contributed by atoms with Crippen LogP contribution in [-0.2, 0) is 16.9 Å². The van der Waals surface area contributed by atoms with Crippen molar-refractivity contribution in [3.63, 3.8) is 0 Å². The molecule has 10 heteroatoms. The van der Waals surface area contributed by atoms with Gasteiger partial charge in [0.05, 0.1) is 24.3 Å². The van der Waals surface area contributed by atoms with E-state index in [9.17, 15) is 45.6 Å². The molecule has 6 atom stereocenters. The number of rotatable bonds is 3. The van der Waals surface area contributed by atoms with Crippen LogP contribution in [0.2, 0.25) is 0 Å². The Bertz CT molecular complexity index is 1040. The summed E-state index contributed by atoms with van der Waals surface area (Å²) >= 11 is 0. The molecule has 166 valence electrons. The fourth-order valence-electron chi connectivity index (χ4n) is 4.44. The molecule has 4 rings (SSSR count). The van der Waals surface area contributed by atoms with E-state index in [0.29, 0.717) is 0 Å². The van der Waals surface area contributed by atoms with Gasteiger partial charge in [-0.3, -0.25) is 4.79 Å². The van der Waals surface area contributed by atoms with E-state index >= 15 is 0 Å². The van der Waals surface area contributed by atoms with Crippen LogP contribution in [0.3, 0.4) is 0 Å². The molecule has 1 fully saturated rings. The molecule has 8 N–H and O–H groups in total. The summed E-state index contributed by atoms with van der Waals surface area (Å²) in [6, 6.07) is 6.21. The molecule has 0 spiro atoms. The second kappa shape index (κ2) is 7.53. The Labute approximate surface area is 175 Å². The number of carbonyl (C=O) groups is 1. The van der Waals surface area contributed by atoms with E-state index in [-0.39, 0.29) is 27.8 Å². The second-order valence-corrected chi connectivity index (χ2v) is 7.74. The average molecular weight is 434 g/mol. The van der Waals surface area contributed by atoms with Gasteiger partial charge in [0.15, 0.2) is 0 Å². The van der Waals surface area contributed by atoms with Gasteiger partial charge in [-0.25, -0.2) is 0 Å². The Morgan fingerprint density at radius 3 is 2.23 bits per heavy atom. The molecule has 0 radical (unpaired) electrons. The second-order valence-electron chi connectivity index (χ2n) is 7.74. The number of benzene rings is 2. The maximum atomic E-state index is 13.1. The number of ketones is 1. The minimum atomic E-state index is -2.42. The lowest BCUT2D eigenvalue weighted by Crippen LogP contribution is -2.65. The Morgan fingerprint density at radius 1 is 0.903 bits per heavy atom. The van der Waals surface area contributed by atoms with E-state index in [1.54, 1.807) is 0 Å². The first kappa shape index (κ1) is 21.7. The zero-order valence-electron chi connectivity index (χ0n) is 16.1. The molecule has 0 bridgehead atoms. The largest absolute Gasteiger partial charge is 0.507 e. The molecule has 0 unspecified atom stereocenters. The number of aliphatic hydroxyl groups excluding tert-OH is 5. The fourth-order valence-corrected chi connectivity index (χ4v) is 4.44. The van der Waals surface area contributed by atoms with Gasteiger partial charge in [-0.05, 0) is 23.8 Å². The van der Waals surface area contributed by atoms with Gasteiger partial charge in [-0.15, -0.1) is 0 Å². The summed E-state index contributed by atoms with van der Waals surface area (Å²) in [5.41, 5.74) is -3.43. The van der Waals surface area contributed by atoms with Crippen molar-refractivity contribution in [1.29, 1.82) is 0 Å². The molecule has 31 heavy (non-hydrogen) atoms. The molecule has 1 aliphatic heterocycles. The summed E-state index contributed by atoms with van der Waals surface area (Å²) < 4.78 is 5.58. The summed E-state index contributed by atoms with van der Waals surface area (Å²) in [5.74, 6) is -1.88. The third-order valence-electron chi connectivity index (χ3n) is 5.98. The number of phenolic OH excluding ortho intramolecular Hbond substituents is 2. The van der Waals surface area contributed by atoms with E-state index in [4.69, 9.17) is 4.74 Å². The first-order chi connectivity index (χ1) is 14.7. The van der Waals surface area contributed by atoms with E-state index in [0.717, 1.165) is 6.07 Å². The van der Waals surface area contributed by atoms with Crippen molar-refractivity contribution in [3.05, 3.63) is 58.1 Å². The molecular weight excluding hydrogens is 412 g/mol. The van der Waals surface area contributed by atoms with Gasteiger partial charge in [-0.1, -0.05) is 12.1 Å². The molecule has 1 saturated heterocycles. The van der Waals surface area contributed by atoms with E-state index in [1.807, 2.05) is 0 Å². The summed E-state index contributed by atoms with van der Waals surface area (Å²) in [4.78, 5) is 13.1. The fraction of sp³-hybridized carbons (Fsp3) is 0.381. The molecule has 0 amide bonds. The molecule has 2 aromatic carbocycles. The van der Waals surface area contributed by atoms with Crippen LogP contribution in [0.25, 0.3) is 0 Å². The van der Waals surface area contributed by atoms with E-state index in [1.165, 1.54) is 24.3 Å². The highest BCUT2D eigenvalue weighted by molar-refractivity contribution is 6.16. The van der Waals surface area contributed by atoms with Crippen LogP contribution in [-0.4, -0.2) is 83.8 Å². The lowest BCUT2D eigenvalue weighted by molar-refractivity contribution is -0.265. The first-order valence-electron chi connectivity index (χ1n) is 9.54. The van der Waals surface area contributed by atoms with Crippen molar-refractivity contribution in [1.82, 2.24) is 0 Å². The van der Waals surface area contributed by atoms with Gasteiger partial charge in [0.25, 0.3) is 0 Å². The van der Waals surface area contributed by atoms with Gasteiger partial charge in [-0.2, -0.15) is 0 Å². The van der Waals surface area contributed by atoms with Gasteiger partial charge in [0.1, 0.15) is 47.6 Å². The van der Waals surface area contributed by atoms with Crippen molar-refractivity contribution >= 4 is 5.78 Å². The Kier molecular flexibility index (Phi) is 5.26. The summed E-state index contributed by atoms with van der Waals surface area (Å²) in [6.07, 6.45) is -8.49. The van der Waals surface area contributed by atoms with Gasteiger partial charge in [0, 0.05) is 11.1 Å². The van der Waals surface area contributed by atoms with Gasteiger partial charge >= 0.3 is 0 Å². The molecule has 1 heterocycles. The zero-order valence-corrected chi connectivity index (χ0v) is 16.1. The SMILES string of the molecule is O=C1c2c(O)cccc2[C@](O)([C@@H]2O[C@H](CO)[C@H](O)[C@@H](O)[C@@H]2O)c2cc(CO)cc(O)c21. The highest BCUT2D eigenvalue weighted by Gasteiger charge is 2.57. The molecule has 0 aromatic heterocycles. The van der Waals surface area contributed by atoms with E-state index in [2.05, 4.69) is 0 Å². The van der Waals surface area contributed by atoms with Gasteiger partial charge in [0.2, 0.25) is 5.78 Å². The van der Waals surface area contributed by atoms with Crippen molar-refractivity contribution in [2.45, 2.75) is 42.7 Å². The molecule has 0 saturated carbocycles. The number of aliphatic hydroxyl groups is 6. The predicted molar refractivity (Wildman–Crippen MR) is 102 cm³/mol. The number of hydrogen-bond acceptors (Lipinski definition) is 10.